The maximum atomic E-state index is 12.9. The van der Waals surface area contributed by atoms with Crippen LogP contribution in [0, 0.1) is 5.82 Å². The van der Waals surface area contributed by atoms with Crippen LogP contribution in [-0.2, 0) is 0 Å². The molecule has 0 unspecified atom stereocenters. The third kappa shape index (κ3) is 5.48. The van der Waals surface area contributed by atoms with E-state index < -0.39 is 11.8 Å². The predicted molar refractivity (Wildman–Crippen MR) is 112 cm³/mol. The first-order valence-corrected chi connectivity index (χ1v) is 9.32. The molecule has 146 valence electrons. The highest BCUT2D eigenvalue weighted by atomic mass is 19.1. The maximum absolute atomic E-state index is 12.9. The Morgan fingerprint density at radius 2 is 1.41 bits per heavy atom. The predicted octanol–water partition coefficient (Wildman–Crippen LogP) is 6.06. The van der Waals surface area contributed by atoms with Gasteiger partial charge in [-0.15, -0.1) is 0 Å². The molecule has 0 saturated carbocycles. The van der Waals surface area contributed by atoms with Crippen LogP contribution in [-0.4, -0.2) is 11.8 Å². The second-order valence-corrected chi connectivity index (χ2v) is 6.94. The van der Waals surface area contributed by atoms with Gasteiger partial charge in [-0.3, -0.25) is 4.79 Å². The number of carbonyl (C=O) groups is 2. The molecule has 0 atom stereocenters. The summed E-state index contributed by atoms with van der Waals surface area (Å²) in [5.74, 6) is -0.383. The molecule has 3 rings (SSSR count). The zero-order chi connectivity index (χ0) is 20.8. The lowest BCUT2D eigenvalue weighted by atomic mass is 10.0. The first-order chi connectivity index (χ1) is 13.9. The van der Waals surface area contributed by atoms with Crippen molar-refractivity contribution in [3.63, 3.8) is 0 Å². The van der Waals surface area contributed by atoms with Crippen LogP contribution in [0.4, 0.5) is 4.39 Å². The van der Waals surface area contributed by atoms with Crippen molar-refractivity contribution in [2.75, 3.05) is 0 Å². The molecule has 0 radical (unpaired) electrons. The van der Waals surface area contributed by atoms with E-state index in [0.29, 0.717) is 17.2 Å². The van der Waals surface area contributed by atoms with Gasteiger partial charge in [0.05, 0.1) is 5.56 Å². The third-order valence-electron chi connectivity index (χ3n) is 4.46. The van der Waals surface area contributed by atoms with Gasteiger partial charge in [-0.2, -0.15) is 0 Å². The fraction of sp³-hybridized carbons (Fsp3) is 0.120. The van der Waals surface area contributed by atoms with E-state index >= 15 is 0 Å². The summed E-state index contributed by atoms with van der Waals surface area (Å²) in [7, 11) is 0. The van der Waals surface area contributed by atoms with Crippen molar-refractivity contribution in [3.05, 3.63) is 107 Å². The van der Waals surface area contributed by atoms with E-state index in [-0.39, 0.29) is 11.3 Å². The van der Waals surface area contributed by atoms with Gasteiger partial charge >= 0.3 is 5.97 Å². The molecule has 0 fully saturated rings. The summed E-state index contributed by atoms with van der Waals surface area (Å²) < 4.78 is 18.2. The smallest absolute Gasteiger partial charge is 0.343 e. The molecule has 0 N–H and O–H groups in total. The molecule has 3 nitrogen and oxygen atoms in total. The highest BCUT2D eigenvalue weighted by Crippen LogP contribution is 2.17. The zero-order valence-electron chi connectivity index (χ0n) is 16.3. The number of carbonyl (C=O) groups excluding carboxylic acids is 2. The molecule has 29 heavy (non-hydrogen) atoms. The number of allylic oxidation sites excluding steroid dienone is 1. The van der Waals surface area contributed by atoms with E-state index in [2.05, 4.69) is 26.0 Å². The van der Waals surface area contributed by atoms with Crippen molar-refractivity contribution >= 4 is 17.8 Å². The monoisotopic (exact) mass is 388 g/mol. The first kappa shape index (κ1) is 20.2. The second kappa shape index (κ2) is 9.11. The SMILES string of the molecule is CC(C)c1ccc(/C=C/C(=O)c2ccc(OC(=O)c3ccc(F)cc3)cc2)cc1. The van der Waals surface area contributed by atoms with Crippen molar-refractivity contribution in [2.24, 2.45) is 0 Å². The van der Waals surface area contributed by atoms with Gasteiger partial charge in [0.15, 0.2) is 5.78 Å². The van der Waals surface area contributed by atoms with Crippen LogP contribution in [0.15, 0.2) is 78.9 Å². The fourth-order valence-electron chi connectivity index (χ4n) is 2.70. The standard InChI is InChI=1S/C25H21FO3/c1-17(2)19-6-3-18(4-7-19)5-16-24(27)20-10-14-23(15-11-20)29-25(28)21-8-12-22(26)13-9-21/h3-17H,1-2H3/b16-5+. The number of ketones is 1. The Bertz CT molecular complexity index is 1020. The van der Waals surface area contributed by atoms with Crippen molar-refractivity contribution in [3.8, 4) is 5.75 Å². The van der Waals surface area contributed by atoms with Gasteiger partial charge in [-0.05, 0) is 71.7 Å². The van der Waals surface area contributed by atoms with Crippen LogP contribution >= 0.6 is 0 Å². The van der Waals surface area contributed by atoms with Crippen LogP contribution in [0.3, 0.4) is 0 Å². The average molecular weight is 388 g/mol. The molecule has 0 aliphatic rings. The molecule has 3 aromatic carbocycles. The normalized spacial score (nSPS) is 11.0. The Kier molecular flexibility index (Phi) is 6.35. The summed E-state index contributed by atoms with van der Waals surface area (Å²) in [4.78, 5) is 24.4. The number of hydrogen-bond donors (Lipinski definition) is 0. The minimum absolute atomic E-state index is 0.144. The topological polar surface area (TPSA) is 43.4 Å². The highest BCUT2D eigenvalue weighted by molar-refractivity contribution is 6.06. The molecule has 0 heterocycles. The number of rotatable bonds is 6. The minimum Gasteiger partial charge on any atom is -0.423 e. The molecular weight excluding hydrogens is 367 g/mol. The van der Waals surface area contributed by atoms with Gasteiger partial charge in [0, 0.05) is 5.56 Å². The Balaban J connectivity index is 1.62. The highest BCUT2D eigenvalue weighted by Gasteiger charge is 2.09. The van der Waals surface area contributed by atoms with Crippen molar-refractivity contribution < 1.29 is 18.7 Å². The van der Waals surface area contributed by atoms with Crippen molar-refractivity contribution in [1.82, 2.24) is 0 Å². The van der Waals surface area contributed by atoms with Gasteiger partial charge < -0.3 is 4.74 Å². The molecule has 0 aliphatic carbocycles. The van der Waals surface area contributed by atoms with Crippen LogP contribution in [0.5, 0.6) is 5.75 Å². The van der Waals surface area contributed by atoms with E-state index in [1.165, 1.54) is 35.9 Å². The van der Waals surface area contributed by atoms with Gasteiger partial charge in [0.2, 0.25) is 0 Å². The van der Waals surface area contributed by atoms with Crippen molar-refractivity contribution in [2.45, 2.75) is 19.8 Å². The van der Waals surface area contributed by atoms with Gasteiger partial charge in [0.1, 0.15) is 11.6 Å². The number of benzene rings is 3. The molecule has 0 saturated heterocycles. The number of hydrogen-bond acceptors (Lipinski definition) is 3. The summed E-state index contributed by atoms with van der Waals surface area (Å²) in [5, 5.41) is 0. The molecule has 4 heteroatoms. The first-order valence-electron chi connectivity index (χ1n) is 9.32. The van der Waals surface area contributed by atoms with E-state index in [1.807, 2.05) is 12.1 Å². The summed E-state index contributed by atoms with van der Waals surface area (Å²) in [6.07, 6.45) is 3.29. The lowest BCUT2D eigenvalue weighted by Gasteiger charge is -2.05. The number of halogens is 1. The van der Waals surface area contributed by atoms with Gasteiger partial charge in [0.25, 0.3) is 0 Å². The molecule has 3 aromatic rings. The van der Waals surface area contributed by atoms with Crippen LogP contribution in [0.25, 0.3) is 6.08 Å². The number of ether oxygens (including phenoxy) is 1. The lowest BCUT2D eigenvalue weighted by Crippen LogP contribution is -2.08. The van der Waals surface area contributed by atoms with E-state index in [0.717, 1.165) is 5.56 Å². The largest absolute Gasteiger partial charge is 0.423 e. The van der Waals surface area contributed by atoms with E-state index in [9.17, 15) is 14.0 Å². The lowest BCUT2D eigenvalue weighted by molar-refractivity contribution is 0.0734. The third-order valence-corrected chi connectivity index (χ3v) is 4.46. The summed E-state index contributed by atoms with van der Waals surface area (Å²) in [5.41, 5.74) is 2.94. The Morgan fingerprint density at radius 3 is 2.00 bits per heavy atom. The maximum Gasteiger partial charge on any atom is 0.343 e. The van der Waals surface area contributed by atoms with Crippen LogP contribution < -0.4 is 4.74 Å². The number of esters is 1. The Labute approximate surface area is 169 Å². The van der Waals surface area contributed by atoms with Crippen LogP contribution in [0.2, 0.25) is 0 Å². The summed E-state index contributed by atoms with van der Waals surface area (Å²) in [6.45, 7) is 4.27. The molecule has 0 aliphatic heterocycles. The molecule has 0 bridgehead atoms. The van der Waals surface area contributed by atoms with Crippen molar-refractivity contribution in [1.29, 1.82) is 0 Å². The van der Waals surface area contributed by atoms with Gasteiger partial charge in [-0.25, -0.2) is 9.18 Å². The molecule has 0 amide bonds. The fourth-order valence-corrected chi connectivity index (χ4v) is 2.70. The molecule has 0 aromatic heterocycles. The van der Waals surface area contributed by atoms with Gasteiger partial charge in [-0.1, -0.05) is 44.2 Å². The summed E-state index contributed by atoms with van der Waals surface area (Å²) >= 11 is 0. The Hall–Kier alpha value is -3.53. The molecule has 0 spiro atoms. The Morgan fingerprint density at radius 1 is 0.828 bits per heavy atom. The van der Waals surface area contributed by atoms with E-state index in [1.54, 1.807) is 30.3 Å². The van der Waals surface area contributed by atoms with Crippen LogP contribution in [0.1, 0.15) is 51.6 Å². The molecular formula is C25H21FO3. The second-order valence-electron chi connectivity index (χ2n) is 6.94. The zero-order valence-corrected chi connectivity index (χ0v) is 16.3. The van der Waals surface area contributed by atoms with E-state index in [4.69, 9.17) is 4.74 Å². The summed E-state index contributed by atoms with van der Waals surface area (Å²) in [6, 6.07) is 19.5. The quantitative estimate of drug-likeness (QED) is 0.223. The minimum atomic E-state index is -0.589. The average Bonchev–Trinajstić information content (AvgIpc) is 2.73.